The van der Waals surface area contributed by atoms with E-state index in [1.807, 2.05) is 68.6 Å². The minimum Gasteiger partial charge on any atom is -0.505 e. The highest BCUT2D eigenvalue weighted by Gasteiger charge is 2.49. The van der Waals surface area contributed by atoms with E-state index in [9.17, 15) is 14.7 Å². The first kappa shape index (κ1) is 28.2. The summed E-state index contributed by atoms with van der Waals surface area (Å²) in [5.74, 6) is -1.04. The molecule has 1 atom stereocenters. The molecule has 3 aromatic heterocycles. The van der Waals surface area contributed by atoms with Crippen LogP contribution in [0.5, 0.6) is 11.5 Å². The number of hydrogen-bond donors (Lipinski definition) is 1. The van der Waals surface area contributed by atoms with E-state index in [0.717, 1.165) is 15.8 Å². The van der Waals surface area contributed by atoms with Crippen LogP contribution in [0.15, 0.2) is 73.0 Å². The van der Waals surface area contributed by atoms with Gasteiger partial charge in [-0.2, -0.15) is 0 Å². The van der Waals surface area contributed by atoms with Gasteiger partial charge in [0.25, 0.3) is 5.78 Å². The molecule has 218 valence electrons. The minimum atomic E-state index is -1.00. The quantitative estimate of drug-likeness (QED) is 0.0951. The number of fused-ring (bicyclic) bond motifs is 2. The van der Waals surface area contributed by atoms with Crippen molar-refractivity contribution in [3.8, 4) is 11.5 Å². The van der Waals surface area contributed by atoms with Crippen LogP contribution in [-0.4, -0.2) is 44.4 Å². The third-order valence-corrected chi connectivity index (χ3v) is 8.45. The summed E-state index contributed by atoms with van der Waals surface area (Å²) in [4.78, 5) is 38.4. The first-order chi connectivity index (χ1) is 20.7. The molecule has 43 heavy (non-hydrogen) atoms. The molecule has 1 aliphatic heterocycles. The number of aromatic nitrogens is 3. The highest BCUT2D eigenvalue weighted by atomic mass is 32.1. The number of Topliss-reactive ketones (excluding diaryl/α,β-unsaturated/α-hetero) is 1. The Bertz CT molecular complexity index is 1970. The molecule has 4 heterocycles. The molecule has 5 aromatic rings. The SMILES string of the molecule is C=CCOc1ccc(C2C(=C(O)c3nc4c(C)cccn4c3C)C(=O)C(=O)N2c2nc3ccc(C)cc3s2)cc1OCC. The molecular formula is C33H30N4O5S. The van der Waals surface area contributed by atoms with Gasteiger partial charge in [-0.25, -0.2) is 9.97 Å². The fourth-order valence-corrected chi connectivity index (χ4v) is 6.46. The van der Waals surface area contributed by atoms with Gasteiger partial charge in [-0.1, -0.05) is 42.2 Å². The summed E-state index contributed by atoms with van der Waals surface area (Å²) >= 11 is 1.31. The Labute approximate surface area is 252 Å². The van der Waals surface area contributed by atoms with E-state index in [4.69, 9.17) is 14.5 Å². The third kappa shape index (κ3) is 4.73. The summed E-state index contributed by atoms with van der Waals surface area (Å²) in [5, 5.41) is 12.2. The number of aryl methyl sites for hydroxylation is 3. The van der Waals surface area contributed by atoms with Gasteiger partial charge in [-0.15, -0.1) is 0 Å². The molecule has 1 amide bonds. The third-order valence-electron chi connectivity index (χ3n) is 7.43. The average Bonchev–Trinajstić information content (AvgIpc) is 3.64. The van der Waals surface area contributed by atoms with Gasteiger partial charge in [0, 0.05) is 6.20 Å². The maximum atomic E-state index is 13.8. The van der Waals surface area contributed by atoms with Crippen molar-refractivity contribution in [3.63, 3.8) is 0 Å². The highest BCUT2D eigenvalue weighted by Crippen LogP contribution is 2.46. The van der Waals surface area contributed by atoms with E-state index in [1.165, 1.54) is 16.2 Å². The largest absolute Gasteiger partial charge is 0.505 e. The van der Waals surface area contributed by atoms with Crippen molar-refractivity contribution in [2.24, 2.45) is 0 Å². The van der Waals surface area contributed by atoms with Gasteiger partial charge in [0.1, 0.15) is 17.9 Å². The molecular weight excluding hydrogens is 564 g/mol. The molecule has 0 spiro atoms. The lowest BCUT2D eigenvalue weighted by atomic mass is 9.96. The number of nitrogens with zero attached hydrogens (tertiary/aromatic N) is 4. The topological polar surface area (TPSA) is 106 Å². The van der Waals surface area contributed by atoms with Crippen molar-refractivity contribution in [1.82, 2.24) is 14.4 Å². The number of amides is 1. The van der Waals surface area contributed by atoms with Crippen LogP contribution in [0.25, 0.3) is 21.6 Å². The van der Waals surface area contributed by atoms with E-state index in [-0.39, 0.29) is 23.6 Å². The Hall–Kier alpha value is -4.96. The van der Waals surface area contributed by atoms with Crippen molar-refractivity contribution in [1.29, 1.82) is 0 Å². The summed E-state index contributed by atoms with van der Waals surface area (Å²) in [6.07, 6.45) is 3.48. The normalized spacial score (nSPS) is 16.4. The maximum absolute atomic E-state index is 13.8. The van der Waals surface area contributed by atoms with Crippen LogP contribution in [0.2, 0.25) is 0 Å². The zero-order valence-electron chi connectivity index (χ0n) is 24.2. The zero-order chi connectivity index (χ0) is 30.4. The molecule has 1 fully saturated rings. The van der Waals surface area contributed by atoms with E-state index in [0.29, 0.717) is 45.7 Å². The lowest BCUT2D eigenvalue weighted by molar-refractivity contribution is -0.132. The number of benzene rings is 2. The highest BCUT2D eigenvalue weighted by molar-refractivity contribution is 7.22. The molecule has 1 aliphatic rings. The van der Waals surface area contributed by atoms with Crippen LogP contribution in [0, 0.1) is 20.8 Å². The van der Waals surface area contributed by atoms with Gasteiger partial charge in [-0.3, -0.25) is 14.5 Å². The molecule has 6 rings (SSSR count). The second kappa shape index (κ2) is 11.0. The van der Waals surface area contributed by atoms with Gasteiger partial charge in [-0.05, 0) is 74.7 Å². The fourth-order valence-electron chi connectivity index (χ4n) is 5.37. The summed E-state index contributed by atoms with van der Waals surface area (Å²) in [6, 6.07) is 13.9. The number of aliphatic hydroxyl groups is 1. The van der Waals surface area contributed by atoms with E-state index < -0.39 is 17.7 Å². The number of pyridine rings is 1. The lowest BCUT2D eigenvalue weighted by Crippen LogP contribution is -2.29. The van der Waals surface area contributed by atoms with E-state index in [1.54, 1.807) is 24.3 Å². The van der Waals surface area contributed by atoms with Gasteiger partial charge < -0.3 is 19.0 Å². The smallest absolute Gasteiger partial charge is 0.301 e. The Morgan fingerprint density at radius 2 is 1.88 bits per heavy atom. The number of hydrogen-bond acceptors (Lipinski definition) is 8. The zero-order valence-corrected chi connectivity index (χ0v) is 25.1. The number of thiazole rings is 1. The van der Waals surface area contributed by atoms with E-state index in [2.05, 4.69) is 11.6 Å². The predicted octanol–water partition coefficient (Wildman–Crippen LogP) is 6.46. The standard InChI is InChI=1S/C33H30N4O5S/c1-6-15-42-23-13-11-21(17-24(23)41-7-2)28-26(29(38)27-20(5)36-14-8-9-19(4)31(36)35-27)30(39)32(40)37(28)33-34-22-12-10-18(3)16-25(22)43-33/h6,8-14,16-17,28,38H,1,7,15H2,2-5H3. The van der Waals surface area contributed by atoms with Gasteiger partial charge in [0.05, 0.1) is 34.1 Å². The number of imidazole rings is 1. The Morgan fingerprint density at radius 1 is 1.07 bits per heavy atom. The van der Waals surface area contributed by atoms with Gasteiger partial charge in [0.15, 0.2) is 22.4 Å². The number of aliphatic hydroxyl groups excluding tert-OH is 1. The van der Waals surface area contributed by atoms with E-state index >= 15 is 0 Å². The number of ketones is 1. The van der Waals surface area contributed by atoms with Gasteiger partial charge in [0.2, 0.25) is 0 Å². The fraction of sp³-hybridized carbons (Fsp3) is 0.212. The van der Waals surface area contributed by atoms with Crippen LogP contribution >= 0.6 is 11.3 Å². The van der Waals surface area contributed by atoms with Crippen molar-refractivity contribution in [2.45, 2.75) is 33.7 Å². The first-order valence-electron chi connectivity index (χ1n) is 13.9. The molecule has 0 bridgehead atoms. The van der Waals surface area contributed by atoms with Crippen molar-refractivity contribution in [2.75, 3.05) is 18.1 Å². The summed E-state index contributed by atoms with van der Waals surface area (Å²) in [5.41, 5.74) is 4.65. The lowest BCUT2D eigenvalue weighted by Gasteiger charge is -2.24. The Morgan fingerprint density at radius 3 is 2.63 bits per heavy atom. The molecule has 0 saturated carbocycles. The minimum absolute atomic E-state index is 0.0770. The monoisotopic (exact) mass is 594 g/mol. The Kier molecular flexibility index (Phi) is 7.23. The van der Waals surface area contributed by atoms with Crippen molar-refractivity contribution >= 4 is 49.8 Å². The second-order valence-electron chi connectivity index (χ2n) is 10.3. The van der Waals surface area contributed by atoms with Crippen LogP contribution in [0.1, 0.15) is 41.0 Å². The number of anilines is 1. The summed E-state index contributed by atoms with van der Waals surface area (Å²) in [6.45, 7) is 11.9. The molecule has 0 aliphatic carbocycles. The number of rotatable bonds is 8. The molecule has 9 nitrogen and oxygen atoms in total. The van der Waals surface area contributed by atoms with Crippen molar-refractivity contribution in [3.05, 3.63) is 101 Å². The van der Waals surface area contributed by atoms with Crippen molar-refractivity contribution < 1.29 is 24.2 Å². The maximum Gasteiger partial charge on any atom is 0.301 e. The molecule has 1 N–H and O–H groups in total. The number of ether oxygens (including phenoxy) is 2. The van der Waals surface area contributed by atoms with Crippen LogP contribution in [-0.2, 0) is 9.59 Å². The van der Waals surface area contributed by atoms with Crippen LogP contribution in [0.3, 0.4) is 0 Å². The molecule has 1 saturated heterocycles. The number of carbonyl (C=O) groups excluding carboxylic acids is 2. The molecule has 0 radical (unpaired) electrons. The molecule has 10 heteroatoms. The van der Waals surface area contributed by atoms with Crippen LogP contribution < -0.4 is 14.4 Å². The second-order valence-corrected chi connectivity index (χ2v) is 11.3. The summed E-state index contributed by atoms with van der Waals surface area (Å²) < 4.78 is 14.4. The van der Waals surface area contributed by atoms with Gasteiger partial charge >= 0.3 is 5.91 Å². The van der Waals surface area contributed by atoms with Crippen LogP contribution in [0.4, 0.5) is 5.13 Å². The Balaban J connectivity index is 1.59. The predicted molar refractivity (Wildman–Crippen MR) is 167 cm³/mol. The number of carbonyl (C=O) groups is 2. The molecule has 1 unspecified atom stereocenters. The first-order valence-corrected chi connectivity index (χ1v) is 14.7. The summed E-state index contributed by atoms with van der Waals surface area (Å²) in [7, 11) is 0. The average molecular weight is 595 g/mol. The molecule has 2 aromatic carbocycles.